The third-order valence-electron chi connectivity index (χ3n) is 2.70. The van der Waals surface area contributed by atoms with Crippen molar-refractivity contribution in [3.05, 3.63) is 0 Å². The average Bonchev–Trinajstić information content (AvgIpc) is 2.03. The van der Waals surface area contributed by atoms with Crippen molar-refractivity contribution in [1.29, 1.82) is 0 Å². The summed E-state index contributed by atoms with van der Waals surface area (Å²) in [7, 11) is 0. The quantitative estimate of drug-likeness (QED) is 0.678. The van der Waals surface area contributed by atoms with Crippen LogP contribution in [0.25, 0.3) is 0 Å². The number of hydrogen-bond acceptors (Lipinski definition) is 4. The Balaban J connectivity index is 2.06. The lowest BCUT2D eigenvalue weighted by molar-refractivity contribution is -0.152. The predicted molar refractivity (Wildman–Crippen MR) is 50.1 cm³/mol. The Morgan fingerprint density at radius 1 is 1.38 bits per heavy atom. The third kappa shape index (κ3) is 1.45. The van der Waals surface area contributed by atoms with Crippen LogP contribution in [-0.4, -0.2) is 59.3 Å². The highest BCUT2D eigenvalue weighted by Gasteiger charge is 2.50. The van der Waals surface area contributed by atoms with Crippen LogP contribution in [0.2, 0.25) is 0 Å². The Morgan fingerprint density at radius 2 is 2.00 bits per heavy atom. The lowest BCUT2D eigenvalue weighted by Gasteiger charge is -2.47. The summed E-state index contributed by atoms with van der Waals surface area (Å²) in [5.74, 6) is 0.776. The maximum atomic E-state index is 11.1. The monoisotopic (exact) mass is 203 g/mol. The Kier molecular flexibility index (Phi) is 2.49. The molecule has 2 fully saturated rings. The van der Waals surface area contributed by atoms with Crippen LogP contribution in [0.4, 0.5) is 0 Å². The van der Waals surface area contributed by atoms with E-state index in [1.54, 1.807) is 11.8 Å². The molecule has 0 saturated carbocycles. The zero-order valence-corrected chi connectivity index (χ0v) is 8.18. The zero-order chi connectivity index (χ0) is 9.31. The second-order valence-electron chi connectivity index (χ2n) is 3.43. The SMILES string of the molecule is O=C(O)C1(N2CCOCC2)CSC1. The molecule has 2 heterocycles. The summed E-state index contributed by atoms with van der Waals surface area (Å²) >= 11 is 1.70. The van der Waals surface area contributed by atoms with Crippen LogP contribution in [0.15, 0.2) is 0 Å². The zero-order valence-electron chi connectivity index (χ0n) is 7.36. The maximum Gasteiger partial charge on any atom is 0.325 e. The van der Waals surface area contributed by atoms with Gasteiger partial charge in [-0.1, -0.05) is 0 Å². The van der Waals surface area contributed by atoms with Crippen molar-refractivity contribution in [2.45, 2.75) is 5.54 Å². The van der Waals surface area contributed by atoms with Crippen LogP contribution in [0.5, 0.6) is 0 Å². The van der Waals surface area contributed by atoms with Gasteiger partial charge in [-0.3, -0.25) is 9.69 Å². The Morgan fingerprint density at radius 3 is 2.38 bits per heavy atom. The molecule has 2 aliphatic rings. The van der Waals surface area contributed by atoms with Crippen LogP contribution in [0, 0.1) is 0 Å². The van der Waals surface area contributed by atoms with Gasteiger partial charge in [0.15, 0.2) is 0 Å². The molecular weight excluding hydrogens is 190 g/mol. The fourth-order valence-electron chi connectivity index (χ4n) is 1.73. The minimum Gasteiger partial charge on any atom is -0.480 e. The molecule has 0 aromatic heterocycles. The number of carboxylic acids is 1. The summed E-state index contributed by atoms with van der Waals surface area (Å²) in [5, 5.41) is 9.14. The molecule has 2 aliphatic heterocycles. The summed E-state index contributed by atoms with van der Waals surface area (Å²) in [6, 6.07) is 0. The summed E-state index contributed by atoms with van der Waals surface area (Å²) < 4.78 is 5.20. The van der Waals surface area contributed by atoms with Gasteiger partial charge in [0.2, 0.25) is 0 Å². The van der Waals surface area contributed by atoms with E-state index < -0.39 is 11.5 Å². The molecule has 5 heteroatoms. The van der Waals surface area contributed by atoms with Gasteiger partial charge in [0, 0.05) is 24.6 Å². The molecule has 4 nitrogen and oxygen atoms in total. The highest BCUT2D eigenvalue weighted by molar-refractivity contribution is 8.01. The fraction of sp³-hybridized carbons (Fsp3) is 0.875. The summed E-state index contributed by atoms with van der Waals surface area (Å²) in [6.45, 7) is 2.85. The van der Waals surface area contributed by atoms with Gasteiger partial charge in [0.05, 0.1) is 13.2 Å². The second kappa shape index (κ2) is 3.48. The lowest BCUT2D eigenvalue weighted by Crippen LogP contribution is -2.65. The normalized spacial score (nSPS) is 28.0. The molecule has 0 aromatic carbocycles. The predicted octanol–water partition coefficient (Wildman–Crippen LogP) is -0.111. The van der Waals surface area contributed by atoms with Crippen LogP contribution in [0.1, 0.15) is 0 Å². The van der Waals surface area contributed by atoms with Gasteiger partial charge in [-0.2, -0.15) is 11.8 Å². The number of carboxylic acid groups (broad SMARTS) is 1. The molecule has 0 unspecified atom stereocenters. The van der Waals surface area contributed by atoms with E-state index in [1.165, 1.54) is 0 Å². The number of hydrogen-bond donors (Lipinski definition) is 1. The molecule has 2 rings (SSSR count). The number of morpholine rings is 1. The van der Waals surface area contributed by atoms with Crippen molar-refractivity contribution in [3.63, 3.8) is 0 Å². The topological polar surface area (TPSA) is 49.8 Å². The van der Waals surface area contributed by atoms with Crippen molar-refractivity contribution >= 4 is 17.7 Å². The first kappa shape index (κ1) is 9.30. The first-order chi connectivity index (χ1) is 6.26. The Labute approximate surface area is 81.2 Å². The molecule has 0 atom stereocenters. The first-order valence-electron chi connectivity index (χ1n) is 4.40. The van der Waals surface area contributed by atoms with Gasteiger partial charge >= 0.3 is 5.97 Å². The van der Waals surface area contributed by atoms with E-state index in [0.717, 1.165) is 24.6 Å². The average molecular weight is 203 g/mol. The van der Waals surface area contributed by atoms with Crippen molar-refractivity contribution in [3.8, 4) is 0 Å². The van der Waals surface area contributed by atoms with Crippen molar-refractivity contribution in [2.24, 2.45) is 0 Å². The fourth-order valence-corrected chi connectivity index (χ4v) is 2.93. The molecule has 0 aliphatic carbocycles. The summed E-state index contributed by atoms with van der Waals surface area (Å²) in [5.41, 5.74) is -0.575. The molecule has 13 heavy (non-hydrogen) atoms. The van der Waals surface area contributed by atoms with Crippen LogP contribution < -0.4 is 0 Å². The molecule has 2 saturated heterocycles. The second-order valence-corrected chi connectivity index (χ2v) is 4.41. The van der Waals surface area contributed by atoms with E-state index in [4.69, 9.17) is 9.84 Å². The maximum absolute atomic E-state index is 11.1. The van der Waals surface area contributed by atoms with E-state index >= 15 is 0 Å². The van der Waals surface area contributed by atoms with E-state index in [9.17, 15) is 4.79 Å². The highest BCUT2D eigenvalue weighted by atomic mass is 32.2. The third-order valence-corrected chi connectivity index (χ3v) is 4.06. The van der Waals surface area contributed by atoms with Gasteiger partial charge < -0.3 is 9.84 Å². The van der Waals surface area contributed by atoms with Crippen LogP contribution in [-0.2, 0) is 9.53 Å². The van der Waals surface area contributed by atoms with Gasteiger partial charge in [-0.05, 0) is 0 Å². The number of thioether (sulfide) groups is 1. The molecule has 0 radical (unpaired) electrons. The van der Waals surface area contributed by atoms with Gasteiger partial charge in [-0.25, -0.2) is 0 Å². The Hall–Kier alpha value is -0.260. The molecule has 1 N–H and O–H groups in total. The number of rotatable bonds is 2. The summed E-state index contributed by atoms with van der Waals surface area (Å²) in [6.07, 6.45) is 0. The van der Waals surface area contributed by atoms with Gasteiger partial charge in [-0.15, -0.1) is 0 Å². The van der Waals surface area contributed by atoms with E-state index in [-0.39, 0.29) is 0 Å². The number of ether oxygens (including phenoxy) is 1. The first-order valence-corrected chi connectivity index (χ1v) is 5.55. The van der Waals surface area contributed by atoms with Crippen LogP contribution >= 0.6 is 11.8 Å². The van der Waals surface area contributed by atoms with E-state index in [1.807, 2.05) is 0 Å². The number of carbonyl (C=O) groups is 1. The van der Waals surface area contributed by atoms with Crippen LogP contribution in [0.3, 0.4) is 0 Å². The van der Waals surface area contributed by atoms with Gasteiger partial charge in [0.1, 0.15) is 5.54 Å². The molecule has 0 spiro atoms. The smallest absolute Gasteiger partial charge is 0.325 e. The van der Waals surface area contributed by atoms with Crippen molar-refractivity contribution in [1.82, 2.24) is 4.90 Å². The highest BCUT2D eigenvalue weighted by Crippen LogP contribution is 2.35. The number of aliphatic carboxylic acids is 1. The molecule has 0 amide bonds. The molecule has 74 valence electrons. The number of nitrogens with zero attached hydrogens (tertiary/aromatic N) is 1. The summed E-state index contributed by atoms with van der Waals surface area (Å²) in [4.78, 5) is 13.2. The standard InChI is InChI=1S/C8H13NO3S/c10-7(11)8(5-13-6-8)9-1-3-12-4-2-9/h1-6H2,(H,10,11). The van der Waals surface area contributed by atoms with Gasteiger partial charge in [0.25, 0.3) is 0 Å². The minimum atomic E-state index is -0.673. The minimum absolute atomic E-state index is 0.575. The largest absolute Gasteiger partial charge is 0.480 e. The van der Waals surface area contributed by atoms with Crippen molar-refractivity contribution < 1.29 is 14.6 Å². The van der Waals surface area contributed by atoms with E-state index in [2.05, 4.69) is 4.90 Å². The lowest BCUT2D eigenvalue weighted by atomic mass is 10.0. The van der Waals surface area contributed by atoms with Crippen molar-refractivity contribution in [2.75, 3.05) is 37.8 Å². The molecular formula is C8H13NO3S. The molecule has 0 aromatic rings. The Bertz CT molecular complexity index is 211. The molecule has 0 bridgehead atoms. The van der Waals surface area contributed by atoms with E-state index in [0.29, 0.717) is 13.2 Å².